The van der Waals surface area contributed by atoms with E-state index in [1.165, 1.54) is 5.57 Å². The number of carbonyl (C=O) groups is 1. The molecule has 1 atom stereocenters. The summed E-state index contributed by atoms with van der Waals surface area (Å²) in [6.45, 7) is 4.83. The van der Waals surface area contributed by atoms with Gasteiger partial charge in [0.1, 0.15) is 6.61 Å². The fourth-order valence-corrected chi connectivity index (χ4v) is 1.02. The minimum absolute atomic E-state index is 0.351. The Labute approximate surface area is 84.5 Å². The standard InChI is InChI=1S/C11H15NO2/c1-3-4-5-6-12-11(13)14-8-10-7-9(10)2/h7,10H,5-6,8H2,1-2H3,(H,12,13). The molecular formula is C11H15NO2. The molecule has 0 saturated carbocycles. The van der Waals surface area contributed by atoms with Crippen LogP contribution in [0.3, 0.4) is 0 Å². The Morgan fingerprint density at radius 3 is 3.00 bits per heavy atom. The number of hydrogen-bond acceptors (Lipinski definition) is 2. The lowest BCUT2D eigenvalue weighted by molar-refractivity contribution is 0.143. The van der Waals surface area contributed by atoms with Crippen LogP contribution in [-0.2, 0) is 4.74 Å². The molecule has 0 radical (unpaired) electrons. The van der Waals surface area contributed by atoms with Crippen LogP contribution in [0.1, 0.15) is 20.3 Å². The molecule has 0 aromatic heterocycles. The van der Waals surface area contributed by atoms with Gasteiger partial charge in [-0.05, 0) is 13.8 Å². The fourth-order valence-electron chi connectivity index (χ4n) is 1.02. The molecule has 3 heteroatoms. The number of rotatable bonds is 4. The van der Waals surface area contributed by atoms with Crippen molar-refractivity contribution in [1.29, 1.82) is 0 Å². The van der Waals surface area contributed by atoms with E-state index in [1.807, 2.05) is 6.92 Å². The highest BCUT2D eigenvalue weighted by Gasteiger charge is 2.21. The molecule has 0 heterocycles. The van der Waals surface area contributed by atoms with Crippen LogP contribution in [0, 0.1) is 17.8 Å². The van der Waals surface area contributed by atoms with Crippen molar-refractivity contribution < 1.29 is 9.53 Å². The SMILES string of the molecule is CC#CCCNC(=O)OCC1C=C1C. The number of carbonyl (C=O) groups excluding carboxylic acids is 1. The molecule has 0 fully saturated rings. The molecule has 0 aromatic carbocycles. The highest BCUT2D eigenvalue weighted by atomic mass is 16.5. The molecule has 1 aliphatic carbocycles. The van der Waals surface area contributed by atoms with Crippen molar-refractivity contribution in [2.45, 2.75) is 20.3 Å². The Morgan fingerprint density at radius 2 is 2.43 bits per heavy atom. The predicted molar refractivity (Wildman–Crippen MR) is 54.7 cm³/mol. The molecule has 1 N–H and O–H groups in total. The van der Waals surface area contributed by atoms with E-state index in [9.17, 15) is 4.79 Å². The summed E-state index contributed by atoms with van der Waals surface area (Å²) in [7, 11) is 0. The Kier molecular flexibility index (Phi) is 4.06. The van der Waals surface area contributed by atoms with Crippen LogP contribution in [-0.4, -0.2) is 19.2 Å². The van der Waals surface area contributed by atoms with Gasteiger partial charge in [-0.15, -0.1) is 11.8 Å². The molecule has 1 aliphatic rings. The summed E-state index contributed by atoms with van der Waals surface area (Å²) in [6.07, 6.45) is 2.40. The van der Waals surface area contributed by atoms with Crippen molar-refractivity contribution in [3.63, 3.8) is 0 Å². The fraction of sp³-hybridized carbons (Fsp3) is 0.545. The first-order valence-electron chi connectivity index (χ1n) is 4.72. The first kappa shape index (κ1) is 10.6. The summed E-state index contributed by atoms with van der Waals surface area (Å²) < 4.78 is 4.97. The largest absolute Gasteiger partial charge is 0.449 e. The van der Waals surface area contributed by atoms with Gasteiger partial charge in [0, 0.05) is 18.9 Å². The molecule has 1 unspecified atom stereocenters. The lowest BCUT2D eigenvalue weighted by Gasteiger charge is -2.04. The zero-order valence-corrected chi connectivity index (χ0v) is 8.59. The zero-order valence-electron chi connectivity index (χ0n) is 8.59. The molecule has 1 rings (SSSR count). The van der Waals surface area contributed by atoms with Crippen molar-refractivity contribution in [3.05, 3.63) is 11.6 Å². The van der Waals surface area contributed by atoms with Gasteiger partial charge in [-0.2, -0.15) is 0 Å². The Morgan fingerprint density at radius 1 is 1.71 bits per heavy atom. The molecular weight excluding hydrogens is 178 g/mol. The summed E-state index contributed by atoms with van der Waals surface area (Å²) in [5, 5.41) is 2.63. The van der Waals surface area contributed by atoms with E-state index >= 15 is 0 Å². The number of ether oxygens (including phenoxy) is 1. The van der Waals surface area contributed by atoms with Crippen molar-refractivity contribution in [1.82, 2.24) is 5.32 Å². The first-order chi connectivity index (χ1) is 6.74. The van der Waals surface area contributed by atoms with E-state index in [4.69, 9.17) is 4.74 Å². The summed E-state index contributed by atoms with van der Waals surface area (Å²) >= 11 is 0. The Bertz CT molecular complexity index is 296. The molecule has 1 amide bonds. The third kappa shape index (κ3) is 3.99. The van der Waals surface area contributed by atoms with Crippen LogP contribution in [0.15, 0.2) is 11.6 Å². The predicted octanol–water partition coefficient (Wildman–Crippen LogP) is 1.70. The number of hydrogen-bond donors (Lipinski definition) is 1. The van der Waals surface area contributed by atoms with Gasteiger partial charge in [-0.25, -0.2) is 4.79 Å². The van der Waals surface area contributed by atoms with Gasteiger partial charge in [0.2, 0.25) is 0 Å². The van der Waals surface area contributed by atoms with Gasteiger partial charge in [-0.3, -0.25) is 0 Å². The van der Waals surface area contributed by atoms with Crippen LogP contribution in [0.5, 0.6) is 0 Å². The smallest absolute Gasteiger partial charge is 0.407 e. The topological polar surface area (TPSA) is 38.3 Å². The lowest BCUT2D eigenvalue weighted by atomic mass is 10.3. The van der Waals surface area contributed by atoms with Gasteiger partial charge < -0.3 is 10.1 Å². The van der Waals surface area contributed by atoms with E-state index in [2.05, 4.69) is 23.2 Å². The second kappa shape index (κ2) is 5.33. The molecule has 3 nitrogen and oxygen atoms in total. The van der Waals surface area contributed by atoms with Crippen molar-refractivity contribution in [2.24, 2.45) is 5.92 Å². The second-order valence-electron chi connectivity index (χ2n) is 3.22. The quantitative estimate of drug-likeness (QED) is 0.419. The third-order valence-corrected chi connectivity index (χ3v) is 2.03. The minimum atomic E-state index is -0.351. The molecule has 0 aromatic rings. The minimum Gasteiger partial charge on any atom is -0.449 e. The Balaban J connectivity index is 1.95. The highest BCUT2D eigenvalue weighted by molar-refractivity contribution is 5.67. The summed E-state index contributed by atoms with van der Waals surface area (Å²) in [5.41, 5.74) is 1.30. The van der Waals surface area contributed by atoms with E-state index < -0.39 is 0 Å². The van der Waals surface area contributed by atoms with E-state index in [0.29, 0.717) is 25.5 Å². The van der Waals surface area contributed by atoms with Crippen molar-refractivity contribution in [3.8, 4) is 11.8 Å². The van der Waals surface area contributed by atoms with Gasteiger partial charge >= 0.3 is 6.09 Å². The third-order valence-electron chi connectivity index (χ3n) is 2.03. The van der Waals surface area contributed by atoms with E-state index in [1.54, 1.807) is 6.92 Å². The zero-order chi connectivity index (χ0) is 10.4. The van der Waals surface area contributed by atoms with Crippen molar-refractivity contribution >= 4 is 6.09 Å². The van der Waals surface area contributed by atoms with Crippen molar-refractivity contribution in [2.75, 3.05) is 13.2 Å². The summed E-state index contributed by atoms with van der Waals surface area (Å²) in [6, 6.07) is 0. The second-order valence-corrected chi connectivity index (χ2v) is 3.22. The average Bonchev–Trinajstić information content (AvgIpc) is 2.86. The maximum atomic E-state index is 11.0. The van der Waals surface area contributed by atoms with Gasteiger partial charge in [0.25, 0.3) is 0 Å². The van der Waals surface area contributed by atoms with Crippen LogP contribution in [0.2, 0.25) is 0 Å². The van der Waals surface area contributed by atoms with Crippen LogP contribution < -0.4 is 5.32 Å². The monoisotopic (exact) mass is 193 g/mol. The van der Waals surface area contributed by atoms with Crippen LogP contribution in [0.4, 0.5) is 4.79 Å². The molecule has 14 heavy (non-hydrogen) atoms. The first-order valence-corrected chi connectivity index (χ1v) is 4.72. The molecule has 0 aliphatic heterocycles. The van der Waals surface area contributed by atoms with Gasteiger partial charge in [0.15, 0.2) is 0 Å². The maximum Gasteiger partial charge on any atom is 0.407 e. The van der Waals surface area contributed by atoms with E-state index in [-0.39, 0.29) is 6.09 Å². The number of amides is 1. The van der Waals surface area contributed by atoms with E-state index in [0.717, 1.165) is 0 Å². The molecule has 0 bridgehead atoms. The average molecular weight is 193 g/mol. The normalized spacial score (nSPS) is 17.6. The summed E-state index contributed by atoms with van der Waals surface area (Å²) in [4.78, 5) is 11.0. The van der Waals surface area contributed by atoms with Crippen LogP contribution in [0.25, 0.3) is 0 Å². The number of alkyl carbamates (subject to hydrolysis) is 1. The number of nitrogens with one attached hydrogen (secondary N) is 1. The van der Waals surface area contributed by atoms with Gasteiger partial charge in [0.05, 0.1) is 0 Å². The molecule has 0 spiro atoms. The van der Waals surface area contributed by atoms with Crippen LogP contribution >= 0.6 is 0 Å². The van der Waals surface area contributed by atoms with Gasteiger partial charge in [-0.1, -0.05) is 11.6 Å². The Hall–Kier alpha value is -1.43. The highest BCUT2D eigenvalue weighted by Crippen LogP contribution is 2.27. The maximum absolute atomic E-state index is 11.0. The molecule has 0 saturated heterocycles. The lowest BCUT2D eigenvalue weighted by Crippen LogP contribution is -2.26. The molecule has 76 valence electrons. The summed E-state index contributed by atoms with van der Waals surface area (Å²) in [5.74, 6) is 6.00.